The molecule has 112 valence electrons. The number of nitrogens with zero attached hydrogens (tertiary/aromatic N) is 2. The zero-order valence-corrected chi connectivity index (χ0v) is 12.7. The number of nitrogen functional groups attached to an aromatic ring is 1. The van der Waals surface area contributed by atoms with Crippen molar-refractivity contribution in [1.29, 1.82) is 0 Å². The molecule has 0 saturated carbocycles. The van der Waals surface area contributed by atoms with Gasteiger partial charge in [-0.25, -0.2) is 0 Å². The first-order chi connectivity index (χ1) is 10.2. The van der Waals surface area contributed by atoms with Gasteiger partial charge in [-0.05, 0) is 37.1 Å². The maximum absolute atomic E-state index is 5.86. The van der Waals surface area contributed by atoms with E-state index in [2.05, 4.69) is 22.9 Å². The first-order valence-corrected chi connectivity index (χ1v) is 7.42. The Morgan fingerprint density at radius 3 is 2.67 bits per heavy atom. The quantitative estimate of drug-likeness (QED) is 0.791. The lowest BCUT2D eigenvalue weighted by atomic mass is 10.2. The summed E-state index contributed by atoms with van der Waals surface area (Å²) in [5.41, 5.74) is 7.84. The lowest BCUT2D eigenvalue weighted by molar-refractivity contribution is 0.327. The molecule has 1 aromatic heterocycles. The molecule has 0 radical (unpaired) electrons. The highest BCUT2D eigenvalue weighted by Crippen LogP contribution is 2.19. The highest BCUT2D eigenvalue weighted by molar-refractivity contribution is 5.45. The van der Waals surface area contributed by atoms with Crippen molar-refractivity contribution in [2.75, 3.05) is 23.8 Å². The monoisotopic (exact) mass is 285 g/mol. The Bertz CT molecular complexity index is 571. The van der Waals surface area contributed by atoms with E-state index in [1.165, 1.54) is 5.56 Å². The summed E-state index contributed by atoms with van der Waals surface area (Å²) in [7, 11) is 0. The second kappa shape index (κ2) is 7.53. The topological polar surface area (TPSA) is 51.4 Å². The molecule has 0 aliphatic heterocycles. The van der Waals surface area contributed by atoms with Gasteiger partial charge in [-0.1, -0.05) is 25.1 Å². The molecule has 0 bridgehead atoms. The van der Waals surface area contributed by atoms with Crippen LogP contribution in [0.25, 0.3) is 0 Å². The summed E-state index contributed by atoms with van der Waals surface area (Å²) in [6.45, 7) is 6.49. The van der Waals surface area contributed by atoms with Crippen LogP contribution in [0.15, 0.2) is 42.5 Å². The summed E-state index contributed by atoms with van der Waals surface area (Å²) >= 11 is 0. The molecule has 0 fully saturated rings. The van der Waals surface area contributed by atoms with Crippen LogP contribution < -0.4 is 15.4 Å². The Morgan fingerprint density at radius 2 is 1.95 bits per heavy atom. The molecule has 2 rings (SSSR count). The smallest absolute Gasteiger partial charge is 0.215 e. The molecule has 0 atom stereocenters. The van der Waals surface area contributed by atoms with Crippen LogP contribution in [0, 0.1) is 0 Å². The van der Waals surface area contributed by atoms with Gasteiger partial charge in [-0.2, -0.15) is 4.98 Å². The number of aromatic nitrogens is 1. The Kier molecular flexibility index (Phi) is 5.43. The predicted molar refractivity (Wildman–Crippen MR) is 87.6 cm³/mol. The lowest BCUT2D eigenvalue weighted by Crippen LogP contribution is -2.24. The summed E-state index contributed by atoms with van der Waals surface area (Å²) in [6, 6.07) is 13.9. The van der Waals surface area contributed by atoms with Crippen LogP contribution >= 0.6 is 0 Å². The number of anilines is 2. The standard InChI is InChI=1S/C17H23N3O/c1-3-11-20(13-14-7-5-8-15(18)12-14)16-9-6-10-17(19-16)21-4-2/h5-10,12H,3-4,11,13,18H2,1-2H3. The fourth-order valence-electron chi connectivity index (χ4n) is 2.26. The molecular formula is C17H23N3O. The Hall–Kier alpha value is -2.23. The highest BCUT2D eigenvalue weighted by atomic mass is 16.5. The highest BCUT2D eigenvalue weighted by Gasteiger charge is 2.09. The van der Waals surface area contributed by atoms with Crippen LogP contribution in [0.3, 0.4) is 0 Å². The van der Waals surface area contributed by atoms with E-state index in [4.69, 9.17) is 10.5 Å². The molecule has 0 aliphatic rings. The summed E-state index contributed by atoms with van der Waals surface area (Å²) in [5.74, 6) is 1.61. The maximum Gasteiger partial charge on any atom is 0.215 e. The number of hydrogen-bond donors (Lipinski definition) is 1. The lowest BCUT2D eigenvalue weighted by Gasteiger charge is -2.23. The van der Waals surface area contributed by atoms with Gasteiger partial charge in [0.15, 0.2) is 0 Å². The largest absolute Gasteiger partial charge is 0.478 e. The maximum atomic E-state index is 5.86. The van der Waals surface area contributed by atoms with Gasteiger partial charge in [0.05, 0.1) is 6.61 Å². The van der Waals surface area contributed by atoms with E-state index in [-0.39, 0.29) is 0 Å². The van der Waals surface area contributed by atoms with Gasteiger partial charge < -0.3 is 15.4 Å². The van der Waals surface area contributed by atoms with Crippen molar-refractivity contribution < 1.29 is 4.74 Å². The van der Waals surface area contributed by atoms with Gasteiger partial charge in [-0.15, -0.1) is 0 Å². The van der Waals surface area contributed by atoms with E-state index in [0.29, 0.717) is 12.5 Å². The van der Waals surface area contributed by atoms with Gasteiger partial charge in [-0.3, -0.25) is 0 Å². The van der Waals surface area contributed by atoms with Crippen molar-refractivity contribution in [2.24, 2.45) is 0 Å². The van der Waals surface area contributed by atoms with E-state index < -0.39 is 0 Å². The van der Waals surface area contributed by atoms with E-state index in [1.807, 2.05) is 43.3 Å². The molecule has 0 aliphatic carbocycles. The molecule has 0 saturated heterocycles. The molecule has 21 heavy (non-hydrogen) atoms. The second-order valence-electron chi connectivity index (χ2n) is 4.93. The fraction of sp³-hybridized carbons (Fsp3) is 0.353. The normalized spacial score (nSPS) is 10.4. The Balaban J connectivity index is 2.19. The van der Waals surface area contributed by atoms with Crippen molar-refractivity contribution >= 4 is 11.5 Å². The predicted octanol–water partition coefficient (Wildman–Crippen LogP) is 3.48. The molecule has 0 spiro atoms. The molecule has 0 amide bonds. The van der Waals surface area contributed by atoms with Gasteiger partial charge in [0.25, 0.3) is 0 Å². The van der Waals surface area contributed by atoms with E-state index in [9.17, 15) is 0 Å². The number of nitrogens with two attached hydrogens (primary N) is 1. The first kappa shape index (κ1) is 15.2. The van der Waals surface area contributed by atoms with E-state index >= 15 is 0 Å². The molecule has 4 nitrogen and oxygen atoms in total. The molecule has 2 aromatic rings. The molecule has 1 aromatic carbocycles. The minimum atomic E-state index is 0.624. The van der Waals surface area contributed by atoms with Gasteiger partial charge in [0.2, 0.25) is 5.88 Å². The minimum Gasteiger partial charge on any atom is -0.478 e. The summed E-state index contributed by atoms with van der Waals surface area (Å²) in [4.78, 5) is 6.82. The van der Waals surface area contributed by atoms with Crippen LogP contribution in [0.1, 0.15) is 25.8 Å². The van der Waals surface area contributed by atoms with Crippen LogP contribution in [0.4, 0.5) is 11.5 Å². The summed E-state index contributed by atoms with van der Waals surface area (Å²) in [5, 5.41) is 0. The summed E-state index contributed by atoms with van der Waals surface area (Å²) < 4.78 is 5.49. The number of rotatable bonds is 7. The van der Waals surface area contributed by atoms with Crippen molar-refractivity contribution in [3.05, 3.63) is 48.0 Å². The number of hydrogen-bond acceptors (Lipinski definition) is 4. The zero-order valence-electron chi connectivity index (χ0n) is 12.7. The third-order valence-electron chi connectivity index (χ3n) is 3.14. The molecule has 0 unspecified atom stereocenters. The second-order valence-corrected chi connectivity index (χ2v) is 4.93. The average molecular weight is 285 g/mol. The van der Waals surface area contributed by atoms with Crippen molar-refractivity contribution in [2.45, 2.75) is 26.8 Å². The Labute approximate surface area is 126 Å². The minimum absolute atomic E-state index is 0.624. The van der Waals surface area contributed by atoms with Crippen LogP contribution in [0.2, 0.25) is 0 Å². The van der Waals surface area contributed by atoms with Crippen LogP contribution in [-0.2, 0) is 6.54 Å². The van der Waals surface area contributed by atoms with Crippen molar-refractivity contribution in [3.63, 3.8) is 0 Å². The Morgan fingerprint density at radius 1 is 1.14 bits per heavy atom. The molecule has 4 heteroatoms. The van der Waals surface area contributed by atoms with Crippen LogP contribution in [-0.4, -0.2) is 18.1 Å². The molecule has 1 heterocycles. The van der Waals surface area contributed by atoms with Gasteiger partial charge >= 0.3 is 0 Å². The van der Waals surface area contributed by atoms with Gasteiger partial charge in [0, 0.05) is 24.8 Å². The van der Waals surface area contributed by atoms with E-state index in [1.54, 1.807) is 0 Å². The molecule has 2 N–H and O–H groups in total. The third-order valence-corrected chi connectivity index (χ3v) is 3.14. The fourth-order valence-corrected chi connectivity index (χ4v) is 2.26. The number of ether oxygens (including phenoxy) is 1. The van der Waals surface area contributed by atoms with E-state index in [0.717, 1.165) is 31.0 Å². The van der Waals surface area contributed by atoms with Crippen molar-refractivity contribution in [1.82, 2.24) is 4.98 Å². The third kappa shape index (κ3) is 4.38. The summed E-state index contributed by atoms with van der Waals surface area (Å²) in [6.07, 6.45) is 1.06. The molecular weight excluding hydrogens is 262 g/mol. The van der Waals surface area contributed by atoms with Crippen molar-refractivity contribution in [3.8, 4) is 5.88 Å². The number of benzene rings is 1. The average Bonchev–Trinajstić information content (AvgIpc) is 2.47. The zero-order chi connectivity index (χ0) is 15.1. The first-order valence-electron chi connectivity index (χ1n) is 7.42. The van der Waals surface area contributed by atoms with Crippen LogP contribution in [0.5, 0.6) is 5.88 Å². The van der Waals surface area contributed by atoms with Gasteiger partial charge in [0.1, 0.15) is 5.82 Å². The SMILES string of the molecule is CCCN(Cc1cccc(N)c1)c1cccc(OCC)n1. The number of pyridine rings is 1.